The second-order valence-electron chi connectivity index (χ2n) is 8.39. The van der Waals surface area contributed by atoms with Crippen LogP contribution in [0.5, 0.6) is 5.75 Å². The van der Waals surface area contributed by atoms with Crippen LogP contribution >= 0.6 is 0 Å². The first-order chi connectivity index (χ1) is 15.4. The monoisotopic (exact) mass is 441 g/mol. The Morgan fingerprint density at radius 3 is 2.50 bits per heavy atom. The molecule has 1 saturated heterocycles. The van der Waals surface area contributed by atoms with Gasteiger partial charge in [0, 0.05) is 39.3 Å². The summed E-state index contributed by atoms with van der Waals surface area (Å²) in [5.74, 6) is 0.964. The van der Waals surface area contributed by atoms with Crippen LogP contribution in [0, 0.1) is 18.7 Å². The fourth-order valence-electron chi connectivity index (χ4n) is 4.00. The molecule has 32 heavy (non-hydrogen) atoms. The first-order valence-corrected chi connectivity index (χ1v) is 11.1. The van der Waals surface area contributed by atoms with Crippen molar-refractivity contribution in [2.75, 3.05) is 33.8 Å². The summed E-state index contributed by atoms with van der Waals surface area (Å²) in [6.45, 7) is 4.42. The summed E-state index contributed by atoms with van der Waals surface area (Å²) in [5.41, 5.74) is 2.57. The molecule has 3 rings (SSSR count). The molecule has 1 heterocycles. The number of nitrogens with zero attached hydrogens (tertiary/aromatic N) is 2. The zero-order valence-corrected chi connectivity index (χ0v) is 19.1. The largest absolute Gasteiger partial charge is 0.494 e. The molecule has 2 aromatic rings. The molecule has 172 valence electrons. The molecule has 7 heteroatoms. The van der Waals surface area contributed by atoms with Gasteiger partial charge in [-0.2, -0.15) is 0 Å². The number of benzene rings is 2. The summed E-state index contributed by atoms with van der Waals surface area (Å²) in [4.78, 5) is 28.4. The summed E-state index contributed by atoms with van der Waals surface area (Å²) >= 11 is 0. The van der Waals surface area contributed by atoms with Gasteiger partial charge in [0.1, 0.15) is 11.6 Å². The van der Waals surface area contributed by atoms with E-state index in [2.05, 4.69) is 5.32 Å². The van der Waals surface area contributed by atoms with Crippen LogP contribution in [-0.2, 0) is 6.54 Å². The number of hydrogen-bond acceptors (Lipinski definition) is 3. The van der Waals surface area contributed by atoms with Gasteiger partial charge in [-0.05, 0) is 73.6 Å². The second kappa shape index (κ2) is 11.0. The highest BCUT2D eigenvalue weighted by atomic mass is 19.1. The van der Waals surface area contributed by atoms with Crippen LogP contribution in [0.2, 0.25) is 0 Å². The number of amides is 3. The van der Waals surface area contributed by atoms with Crippen molar-refractivity contribution in [3.8, 4) is 5.75 Å². The number of carbonyl (C=O) groups excluding carboxylic acids is 2. The van der Waals surface area contributed by atoms with Gasteiger partial charge in [0.15, 0.2) is 0 Å². The van der Waals surface area contributed by atoms with E-state index in [-0.39, 0.29) is 17.8 Å². The van der Waals surface area contributed by atoms with E-state index >= 15 is 0 Å². The Balaban J connectivity index is 1.50. The van der Waals surface area contributed by atoms with Gasteiger partial charge in [-0.15, -0.1) is 0 Å². The Labute approximate surface area is 189 Å². The Hall–Kier alpha value is -3.09. The third-order valence-corrected chi connectivity index (χ3v) is 6.02. The molecule has 2 aromatic carbocycles. The highest BCUT2D eigenvalue weighted by molar-refractivity contribution is 5.96. The average molecular weight is 442 g/mol. The smallest absolute Gasteiger partial charge is 0.317 e. The third-order valence-electron chi connectivity index (χ3n) is 6.02. The maximum absolute atomic E-state index is 13.2. The molecule has 1 aliphatic heterocycles. The summed E-state index contributed by atoms with van der Waals surface area (Å²) in [6, 6.07) is 11.7. The lowest BCUT2D eigenvalue weighted by Crippen LogP contribution is -2.39. The van der Waals surface area contributed by atoms with Crippen molar-refractivity contribution < 1.29 is 18.7 Å². The maximum atomic E-state index is 13.2. The number of urea groups is 1. The van der Waals surface area contributed by atoms with Crippen LogP contribution in [0.15, 0.2) is 42.5 Å². The van der Waals surface area contributed by atoms with Crippen LogP contribution in [0.25, 0.3) is 0 Å². The first-order valence-electron chi connectivity index (χ1n) is 11.1. The Morgan fingerprint density at radius 2 is 1.84 bits per heavy atom. The lowest BCUT2D eigenvalue weighted by molar-refractivity contribution is 0.0679. The molecule has 1 N–H and O–H groups in total. The van der Waals surface area contributed by atoms with Gasteiger partial charge >= 0.3 is 6.03 Å². The van der Waals surface area contributed by atoms with Crippen LogP contribution in [0.3, 0.4) is 0 Å². The normalized spacial score (nSPS) is 14.2. The SMILES string of the molecule is CNC(=O)N(C)Cc1ccc(C)c(C(=O)N2CCC(CCOc3ccc(F)cc3)CC2)c1. The first kappa shape index (κ1) is 23.6. The number of carbonyl (C=O) groups is 2. The number of ether oxygens (including phenoxy) is 1. The minimum absolute atomic E-state index is 0.0490. The van der Waals surface area contributed by atoms with E-state index < -0.39 is 0 Å². The molecule has 0 unspecified atom stereocenters. The van der Waals surface area contributed by atoms with Crippen molar-refractivity contribution in [1.29, 1.82) is 0 Å². The molecule has 0 bridgehead atoms. The van der Waals surface area contributed by atoms with Crippen LogP contribution in [0.1, 0.15) is 40.7 Å². The number of rotatable bonds is 7. The number of piperidine rings is 1. The molecule has 0 aliphatic carbocycles. The predicted molar refractivity (Wildman–Crippen MR) is 122 cm³/mol. The number of aryl methyl sites for hydroxylation is 1. The molecular formula is C25H32FN3O3. The lowest BCUT2D eigenvalue weighted by atomic mass is 9.93. The minimum atomic E-state index is -0.270. The van der Waals surface area contributed by atoms with Crippen LogP contribution in [-0.4, -0.2) is 55.5 Å². The van der Waals surface area contributed by atoms with E-state index in [0.717, 1.165) is 43.5 Å². The lowest BCUT2D eigenvalue weighted by Gasteiger charge is -2.32. The Bertz CT molecular complexity index is 925. The van der Waals surface area contributed by atoms with Gasteiger partial charge in [0.2, 0.25) is 0 Å². The van der Waals surface area contributed by atoms with E-state index in [1.54, 1.807) is 31.1 Å². The maximum Gasteiger partial charge on any atom is 0.317 e. The fraction of sp³-hybridized carbons (Fsp3) is 0.440. The zero-order valence-electron chi connectivity index (χ0n) is 19.1. The molecule has 0 radical (unpaired) electrons. The van der Waals surface area contributed by atoms with Crippen molar-refractivity contribution in [2.24, 2.45) is 5.92 Å². The average Bonchev–Trinajstić information content (AvgIpc) is 2.81. The highest BCUT2D eigenvalue weighted by Gasteiger charge is 2.25. The van der Waals surface area contributed by atoms with Crippen molar-refractivity contribution in [2.45, 2.75) is 32.7 Å². The van der Waals surface area contributed by atoms with Crippen LogP contribution in [0.4, 0.5) is 9.18 Å². The minimum Gasteiger partial charge on any atom is -0.494 e. The third kappa shape index (κ3) is 6.22. The summed E-state index contributed by atoms with van der Waals surface area (Å²) in [7, 11) is 3.33. The number of hydrogen-bond donors (Lipinski definition) is 1. The molecule has 1 fully saturated rings. The molecule has 6 nitrogen and oxygen atoms in total. The molecule has 0 aromatic heterocycles. The van der Waals surface area contributed by atoms with Gasteiger partial charge in [0.05, 0.1) is 6.61 Å². The summed E-state index contributed by atoms with van der Waals surface area (Å²) < 4.78 is 18.7. The topological polar surface area (TPSA) is 61.9 Å². The quantitative estimate of drug-likeness (QED) is 0.700. The van der Waals surface area contributed by atoms with Crippen molar-refractivity contribution in [1.82, 2.24) is 15.1 Å². The Kier molecular flexibility index (Phi) is 8.09. The molecule has 0 atom stereocenters. The fourth-order valence-corrected chi connectivity index (χ4v) is 4.00. The standard InChI is InChI=1S/C25H32FN3O3/c1-18-4-5-20(17-28(3)25(31)27-2)16-23(18)24(30)29-13-10-19(11-14-29)12-15-32-22-8-6-21(26)7-9-22/h4-9,16,19H,10-15,17H2,1-3H3,(H,27,31). The number of halogens is 1. The highest BCUT2D eigenvalue weighted by Crippen LogP contribution is 2.24. The summed E-state index contributed by atoms with van der Waals surface area (Å²) in [6.07, 6.45) is 2.80. The van der Waals surface area contributed by atoms with Crippen molar-refractivity contribution in [3.63, 3.8) is 0 Å². The molecular weight excluding hydrogens is 409 g/mol. The molecule has 0 saturated carbocycles. The van der Waals surface area contributed by atoms with E-state index in [0.29, 0.717) is 30.4 Å². The van der Waals surface area contributed by atoms with Gasteiger partial charge in [0.25, 0.3) is 5.91 Å². The predicted octanol–water partition coefficient (Wildman–Crippen LogP) is 4.23. The van der Waals surface area contributed by atoms with Crippen molar-refractivity contribution in [3.05, 3.63) is 65.0 Å². The van der Waals surface area contributed by atoms with Crippen molar-refractivity contribution >= 4 is 11.9 Å². The molecule has 0 spiro atoms. The van der Waals surface area contributed by atoms with Gasteiger partial charge in [-0.3, -0.25) is 4.79 Å². The number of likely N-dealkylation sites (tertiary alicyclic amines) is 1. The van der Waals surface area contributed by atoms with Crippen LogP contribution < -0.4 is 10.1 Å². The van der Waals surface area contributed by atoms with Gasteiger partial charge < -0.3 is 19.9 Å². The number of nitrogens with one attached hydrogen (secondary N) is 1. The molecule has 3 amide bonds. The van der Waals surface area contributed by atoms with E-state index in [4.69, 9.17) is 4.74 Å². The summed E-state index contributed by atoms with van der Waals surface area (Å²) in [5, 5.41) is 2.60. The molecule has 1 aliphatic rings. The van der Waals surface area contributed by atoms with E-state index in [1.807, 2.05) is 30.0 Å². The van der Waals surface area contributed by atoms with Gasteiger partial charge in [-0.1, -0.05) is 12.1 Å². The van der Waals surface area contributed by atoms with E-state index in [9.17, 15) is 14.0 Å². The zero-order chi connectivity index (χ0) is 23.1. The van der Waals surface area contributed by atoms with E-state index in [1.165, 1.54) is 12.1 Å². The second-order valence-corrected chi connectivity index (χ2v) is 8.39. The van der Waals surface area contributed by atoms with Gasteiger partial charge in [-0.25, -0.2) is 9.18 Å². The Morgan fingerprint density at radius 1 is 1.16 bits per heavy atom.